The van der Waals surface area contributed by atoms with Crippen molar-refractivity contribution in [1.82, 2.24) is 0 Å². The number of amides is 1. The number of esters is 1. The molecule has 0 bridgehead atoms. The van der Waals surface area contributed by atoms with Crippen LogP contribution in [-0.4, -0.2) is 31.9 Å². The fourth-order valence-corrected chi connectivity index (χ4v) is 4.48. The van der Waals surface area contributed by atoms with Gasteiger partial charge in [-0.3, -0.25) is 4.79 Å². The minimum atomic E-state index is -4.74. The van der Waals surface area contributed by atoms with E-state index in [4.69, 9.17) is 0 Å². The van der Waals surface area contributed by atoms with E-state index in [1.54, 1.807) is 24.3 Å². The summed E-state index contributed by atoms with van der Waals surface area (Å²) in [5.74, 6) is -0.307. The molecule has 0 heterocycles. The van der Waals surface area contributed by atoms with E-state index in [9.17, 15) is 22.8 Å². The van der Waals surface area contributed by atoms with E-state index >= 15 is 0 Å². The number of rotatable bonds is 6. The molecule has 1 fully saturated rings. The molecular weight excluding hydrogens is 447 g/mol. The molecular formula is C26H30F3NO4. The van der Waals surface area contributed by atoms with Gasteiger partial charge in [-0.25, -0.2) is 4.79 Å². The highest BCUT2D eigenvalue weighted by Gasteiger charge is 2.31. The quantitative estimate of drug-likeness (QED) is 0.366. The molecule has 5 nitrogen and oxygen atoms in total. The summed E-state index contributed by atoms with van der Waals surface area (Å²) in [6, 6.07) is 12.5. The van der Waals surface area contributed by atoms with Gasteiger partial charge in [0.15, 0.2) is 0 Å². The molecule has 0 atom stereocenters. The number of hydrogen-bond donors (Lipinski definition) is 0. The highest BCUT2D eigenvalue weighted by molar-refractivity contribution is 6.38. The maximum atomic E-state index is 12.8. The first-order chi connectivity index (χ1) is 16.1. The van der Waals surface area contributed by atoms with Crippen LogP contribution in [0.4, 0.5) is 18.9 Å². The van der Waals surface area contributed by atoms with Crippen molar-refractivity contribution < 1.29 is 32.2 Å². The van der Waals surface area contributed by atoms with E-state index in [1.807, 2.05) is 0 Å². The van der Waals surface area contributed by atoms with Crippen molar-refractivity contribution in [3.63, 3.8) is 0 Å². The number of carbonyl (C=O) groups excluding carboxylic acids is 2. The zero-order valence-corrected chi connectivity index (χ0v) is 19.6. The van der Waals surface area contributed by atoms with Gasteiger partial charge in [0.05, 0.1) is 7.11 Å². The fourth-order valence-electron chi connectivity index (χ4n) is 4.48. The van der Waals surface area contributed by atoms with Crippen molar-refractivity contribution in [2.45, 2.75) is 45.9 Å². The second kappa shape index (κ2) is 10.9. The van der Waals surface area contributed by atoms with E-state index < -0.39 is 18.2 Å². The first kappa shape index (κ1) is 25.6. The van der Waals surface area contributed by atoms with Crippen LogP contribution in [0, 0.1) is 17.8 Å². The molecule has 0 saturated heterocycles. The van der Waals surface area contributed by atoms with Crippen LogP contribution in [-0.2, 0) is 14.3 Å². The van der Waals surface area contributed by atoms with Gasteiger partial charge < -0.3 is 14.4 Å². The molecule has 3 rings (SSSR count). The number of alkyl halides is 3. The van der Waals surface area contributed by atoms with Crippen LogP contribution in [0.1, 0.15) is 39.5 Å². The van der Waals surface area contributed by atoms with Crippen LogP contribution in [0.25, 0.3) is 11.1 Å². The number of hydrogen-bond acceptors (Lipinski definition) is 4. The van der Waals surface area contributed by atoms with Gasteiger partial charge in [0.25, 0.3) is 0 Å². The Hall–Kier alpha value is -3.03. The molecule has 0 N–H and O–H groups in total. The smallest absolute Gasteiger partial charge is 0.462 e. The Balaban J connectivity index is 1.75. The molecule has 8 heteroatoms. The number of carbonyl (C=O) groups is 2. The lowest BCUT2D eigenvalue weighted by Gasteiger charge is -2.34. The Morgan fingerprint density at radius 1 is 0.941 bits per heavy atom. The Labute approximate surface area is 197 Å². The van der Waals surface area contributed by atoms with Gasteiger partial charge in [-0.05, 0) is 78.8 Å². The monoisotopic (exact) mass is 477 g/mol. The predicted molar refractivity (Wildman–Crippen MR) is 123 cm³/mol. The molecule has 1 aliphatic rings. The zero-order chi connectivity index (χ0) is 24.9. The van der Waals surface area contributed by atoms with E-state index in [-0.39, 0.29) is 5.75 Å². The minimum absolute atomic E-state index is 0.296. The van der Waals surface area contributed by atoms with Crippen molar-refractivity contribution in [3.8, 4) is 16.9 Å². The summed E-state index contributed by atoms with van der Waals surface area (Å²) in [7, 11) is 1.18. The second-order valence-corrected chi connectivity index (χ2v) is 9.05. The third kappa shape index (κ3) is 6.74. The maximum Gasteiger partial charge on any atom is 0.573 e. The molecule has 2 aromatic rings. The summed E-state index contributed by atoms with van der Waals surface area (Å²) < 4.78 is 45.7. The maximum absolute atomic E-state index is 12.8. The molecule has 34 heavy (non-hydrogen) atoms. The first-order valence-corrected chi connectivity index (χ1v) is 11.4. The highest BCUT2D eigenvalue weighted by Crippen LogP contribution is 2.35. The lowest BCUT2D eigenvalue weighted by molar-refractivity contribution is -0.274. The van der Waals surface area contributed by atoms with Crippen molar-refractivity contribution >= 4 is 17.6 Å². The molecule has 0 aliphatic heterocycles. The Kier molecular flexibility index (Phi) is 8.23. The van der Waals surface area contributed by atoms with Crippen LogP contribution < -0.4 is 9.64 Å². The van der Waals surface area contributed by atoms with Crippen LogP contribution in [0.3, 0.4) is 0 Å². The average Bonchev–Trinajstić information content (AvgIpc) is 2.81. The van der Waals surface area contributed by atoms with Crippen molar-refractivity contribution in [2.75, 3.05) is 18.6 Å². The van der Waals surface area contributed by atoms with Crippen molar-refractivity contribution in [1.29, 1.82) is 0 Å². The topological polar surface area (TPSA) is 55.8 Å². The average molecular weight is 478 g/mol. The molecule has 184 valence electrons. The van der Waals surface area contributed by atoms with Gasteiger partial charge in [0.2, 0.25) is 0 Å². The lowest BCUT2D eigenvalue weighted by Crippen LogP contribution is -2.41. The normalized spacial score (nSPS) is 18.4. The van der Waals surface area contributed by atoms with Gasteiger partial charge >= 0.3 is 18.2 Å². The first-order valence-electron chi connectivity index (χ1n) is 11.4. The number of nitrogens with zero attached hydrogens (tertiary/aromatic N) is 1. The second-order valence-electron chi connectivity index (χ2n) is 9.05. The molecule has 1 amide bonds. The van der Waals surface area contributed by atoms with Crippen molar-refractivity contribution in [3.05, 3.63) is 48.5 Å². The largest absolute Gasteiger partial charge is 0.573 e. The van der Waals surface area contributed by atoms with E-state index in [0.29, 0.717) is 35.5 Å². The molecule has 0 radical (unpaired) electrons. The van der Waals surface area contributed by atoms with Crippen molar-refractivity contribution in [2.24, 2.45) is 17.8 Å². The highest BCUT2D eigenvalue weighted by atomic mass is 19.4. The summed E-state index contributed by atoms with van der Waals surface area (Å²) >= 11 is 0. The summed E-state index contributed by atoms with van der Waals surface area (Å²) in [5, 5.41) is 0. The minimum Gasteiger partial charge on any atom is -0.462 e. The molecule has 1 aliphatic carbocycles. The molecule has 1 saturated carbocycles. The van der Waals surface area contributed by atoms with Gasteiger partial charge in [-0.2, -0.15) is 0 Å². The molecule has 0 unspecified atom stereocenters. The van der Waals surface area contributed by atoms with Gasteiger partial charge in [0, 0.05) is 12.2 Å². The number of methoxy groups -OCH3 is 1. The summed E-state index contributed by atoms with van der Waals surface area (Å²) in [6.07, 6.45) is -0.533. The van der Waals surface area contributed by atoms with Gasteiger partial charge in [-0.15, -0.1) is 13.2 Å². The third-order valence-corrected chi connectivity index (χ3v) is 6.48. The Bertz CT molecular complexity index is 963. The van der Waals surface area contributed by atoms with Crippen LogP contribution in [0.2, 0.25) is 0 Å². The lowest BCUT2D eigenvalue weighted by atomic mass is 9.77. The summed E-state index contributed by atoms with van der Waals surface area (Å²) in [6.45, 7) is 4.90. The number of ether oxygens (including phenoxy) is 2. The Morgan fingerprint density at radius 3 is 1.94 bits per heavy atom. The number of halogens is 3. The standard InChI is InChI=1S/C26H30F3NO4/c1-17(2)19-6-4-18(5-7-19)16-30(24(31)25(32)33-3)22-12-8-20(9-13-22)21-10-14-23(15-11-21)34-26(27,28)29/h8-15,17-19H,4-7,16H2,1-3H3. The molecule has 2 aromatic carbocycles. The zero-order valence-electron chi connectivity index (χ0n) is 19.6. The predicted octanol–water partition coefficient (Wildman–Crippen LogP) is 6.22. The molecule has 0 aromatic heterocycles. The van der Waals surface area contributed by atoms with Crippen LogP contribution in [0.15, 0.2) is 48.5 Å². The third-order valence-electron chi connectivity index (χ3n) is 6.48. The van der Waals surface area contributed by atoms with E-state index in [0.717, 1.165) is 31.2 Å². The van der Waals surface area contributed by atoms with Crippen LogP contribution in [0.5, 0.6) is 5.75 Å². The van der Waals surface area contributed by atoms with Gasteiger partial charge in [-0.1, -0.05) is 38.1 Å². The SMILES string of the molecule is COC(=O)C(=O)N(CC1CCC(C(C)C)CC1)c1ccc(-c2ccc(OC(F)(F)F)cc2)cc1. The fraction of sp³-hybridized carbons (Fsp3) is 0.462. The van der Waals surface area contributed by atoms with E-state index in [2.05, 4.69) is 23.3 Å². The molecule has 0 spiro atoms. The number of benzene rings is 2. The Morgan fingerprint density at radius 2 is 1.47 bits per heavy atom. The number of anilines is 1. The van der Waals surface area contributed by atoms with Crippen LogP contribution >= 0.6 is 0 Å². The summed E-state index contributed by atoms with van der Waals surface area (Å²) in [4.78, 5) is 26.3. The van der Waals surface area contributed by atoms with E-state index in [1.165, 1.54) is 36.3 Å². The summed E-state index contributed by atoms with van der Waals surface area (Å²) in [5.41, 5.74) is 2.02. The van der Waals surface area contributed by atoms with Gasteiger partial charge in [0.1, 0.15) is 5.75 Å².